The number of hydrogen-bond donors (Lipinski definition) is 1. The molecule has 4 rings (SSSR count). The highest BCUT2D eigenvalue weighted by molar-refractivity contribution is 5.42. The van der Waals surface area contributed by atoms with E-state index < -0.39 is 0 Å². The molecule has 0 aliphatic carbocycles. The topological polar surface area (TPSA) is 47.8 Å². The van der Waals surface area contributed by atoms with Gasteiger partial charge in [-0.05, 0) is 43.5 Å². The summed E-state index contributed by atoms with van der Waals surface area (Å²) in [5.41, 5.74) is 3.73. The molecule has 3 heterocycles. The highest BCUT2D eigenvalue weighted by Crippen LogP contribution is 2.27. The number of hydrogen-bond acceptors (Lipinski definition) is 5. The maximum absolute atomic E-state index is 9.97. The first-order valence-electron chi connectivity index (χ1n) is 10.5. The molecule has 1 aromatic carbocycles. The molecule has 0 bridgehead atoms. The lowest BCUT2D eigenvalue weighted by molar-refractivity contribution is 0.116. The summed E-state index contributed by atoms with van der Waals surface area (Å²) in [7, 11) is 2.20. The van der Waals surface area contributed by atoms with Crippen LogP contribution in [0.5, 0.6) is 0 Å². The lowest BCUT2D eigenvalue weighted by Crippen LogP contribution is -2.47. The molecule has 0 amide bonds. The van der Waals surface area contributed by atoms with Gasteiger partial charge in [-0.2, -0.15) is 5.10 Å². The molecule has 28 heavy (non-hydrogen) atoms. The molecule has 2 fully saturated rings. The number of aliphatic hydroxyl groups excluding tert-OH is 1. The molecule has 2 aliphatic heterocycles. The number of rotatable bonds is 6. The van der Waals surface area contributed by atoms with Crippen LogP contribution in [0.4, 0.5) is 0 Å². The Bertz CT molecular complexity index is 754. The van der Waals surface area contributed by atoms with Gasteiger partial charge in [0.05, 0.1) is 5.69 Å². The van der Waals surface area contributed by atoms with Crippen LogP contribution in [0.25, 0.3) is 5.69 Å². The fourth-order valence-electron chi connectivity index (χ4n) is 4.66. The lowest BCUT2D eigenvalue weighted by Gasteiger charge is -2.34. The first kappa shape index (κ1) is 19.6. The summed E-state index contributed by atoms with van der Waals surface area (Å²) in [4.78, 5) is 7.50. The van der Waals surface area contributed by atoms with Gasteiger partial charge in [-0.1, -0.05) is 17.7 Å². The second-order valence-corrected chi connectivity index (χ2v) is 8.58. The zero-order valence-corrected chi connectivity index (χ0v) is 17.2. The Kier molecular flexibility index (Phi) is 6.11. The van der Waals surface area contributed by atoms with E-state index in [9.17, 15) is 5.11 Å². The van der Waals surface area contributed by atoms with E-state index in [1.807, 2.05) is 23.1 Å². The van der Waals surface area contributed by atoms with Gasteiger partial charge in [0.1, 0.15) is 0 Å². The Morgan fingerprint density at radius 1 is 1.07 bits per heavy atom. The van der Waals surface area contributed by atoms with Crippen LogP contribution in [0.1, 0.15) is 11.1 Å². The van der Waals surface area contributed by atoms with Gasteiger partial charge < -0.3 is 14.9 Å². The third-order valence-corrected chi connectivity index (χ3v) is 6.36. The van der Waals surface area contributed by atoms with Crippen molar-refractivity contribution < 1.29 is 5.11 Å². The number of piperazine rings is 1. The normalized spacial score (nSPS) is 24.8. The van der Waals surface area contributed by atoms with Crippen molar-refractivity contribution in [3.05, 3.63) is 47.8 Å². The molecular formula is C22H33N5O. The number of aryl methyl sites for hydroxylation is 1. The lowest BCUT2D eigenvalue weighted by atomic mass is 9.96. The Morgan fingerprint density at radius 2 is 1.86 bits per heavy atom. The SMILES string of the molecule is Cc1ccc(-n2cccn2)c(CN2C[C@@H](CN3CCN(C)CC3)[C@@H](CO)C2)c1. The van der Waals surface area contributed by atoms with Crippen molar-refractivity contribution in [1.29, 1.82) is 0 Å². The van der Waals surface area contributed by atoms with Crippen LogP contribution >= 0.6 is 0 Å². The molecule has 152 valence electrons. The summed E-state index contributed by atoms with van der Waals surface area (Å²) in [5, 5.41) is 14.4. The van der Waals surface area contributed by atoms with Crippen molar-refractivity contribution in [2.75, 3.05) is 59.5 Å². The number of nitrogens with zero attached hydrogens (tertiary/aromatic N) is 5. The predicted molar refractivity (Wildman–Crippen MR) is 112 cm³/mol. The van der Waals surface area contributed by atoms with E-state index in [0.29, 0.717) is 11.8 Å². The van der Waals surface area contributed by atoms with Crippen LogP contribution < -0.4 is 0 Å². The van der Waals surface area contributed by atoms with Crippen molar-refractivity contribution in [3.8, 4) is 5.69 Å². The van der Waals surface area contributed by atoms with E-state index in [0.717, 1.165) is 58.0 Å². The van der Waals surface area contributed by atoms with E-state index in [2.05, 4.69) is 52.0 Å². The number of likely N-dealkylation sites (tertiary alicyclic amines) is 1. The molecule has 6 heteroatoms. The third-order valence-electron chi connectivity index (χ3n) is 6.36. The molecule has 2 aromatic rings. The maximum Gasteiger partial charge on any atom is 0.0690 e. The minimum absolute atomic E-state index is 0.286. The van der Waals surface area contributed by atoms with Gasteiger partial charge in [-0.15, -0.1) is 0 Å². The van der Waals surface area contributed by atoms with Crippen molar-refractivity contribution in [2.45, 2.75) is 13.5 Å². The number of aliphatic hydroxyl groups is 1. The van der Waals surface area contributed by atoms with Gasteiger partial charge >= 0.3 is 0 Å². The highest BCUT2D eigenvalue weighted by Gasteiger charge is 2.34. The average Bonchev–Trinajstić information content (AvgIpc) is 3.34. The summed E-state index contributed by atoms with van der Waals surface area (Å²) >= 11 is 0. The molecule has 2 saturated heterocycles. The van der Waals surface area contributed by atoms with Gasteiger partial charge in [-0.3, -0.25) is 4.90 Å². The first-order valence-corrected chi connectivity index (χ1v) is 10.5. The summed E-state index contributed by atoms with van der Waals surface area (Å²) < 4.78 is 1.95. The van der Waals surface area contributed by atoms with E-state index in [1.165, 1.54) is 11.1 Å². The molecule has 0 spiro atoms. The fourth-order valence-corrected chi connectivity index (χ4v) is 4.66. The first-order chi connectivity index (χ1) is 13.6. The Labute approximate surface area is 168 Å². The minimum atomic E-state index is 0.286. The van der Waals surface area contributed by atoms with Gasteiger partial charge in [0.2, 0.25) is 0 Å². The monoisotopic (exact) mass is 383 g/mol. The summed E-state index contributed by atoms with van der Waals surface area (Å²) in [6.45, 7) is 11.1. The van der Waals surface area contributed by atoms with Crippen molar-refractivity contribution in [3.63, 3.8) is 0 Å². The number of likely N-dealkylation sites (N-methyl/N-ethyl adjacent to an activating group) is 1. The van der Waals surface area contributed by atoms with Crippen molar-refractivity contribution >= 4 is 0 Å². The van der Waals surface area contributed by atoms with Gasteiger partial charge in [0.15, 0.2) is 0 Å². The summed E-state index contributed by atoms with van der Waals surface area (Å²) in [6, 6.07) is 8.56. The van der Waals surface area contributed by atoms with Crippen LogP contribution in [-0.4, -0.2) is 89.1 Å². The minimum Gasteiger partial charge on any atom is -0.396 e. The zero-order valence-electron chi connectivity index (χ0n) is 17.2. The zero-order chi connectivity index (χ0) is 19.5. The molecular weight excluding hydrogens is 350 g/mol. The Morgan fingerprint density at radius 3 is 2.57 bits per heavy atom. The van der Waals surface area contributed by atoms with Crippen molar-refractivity contribution in [1.82, 2.24) is 24.5 Å². The molecule has 0 saturated carbocycles. The van der Waals surface area contributed by atoms with Crippen LogP contribution in [0, 0.1) is 18.8 Å². The van der Waals surface area contributed by atoms with Gasteiger partial charge in [0, 0.05) is 71.4 Å². The van der Waals surface area contributed by atoms with E-state index in [1.54, 1.807) is 0 Å². The van der Waals surface area contributed by atoms with E-state index in [-0.39, 0.29) is 6.61 Å². The van der Waals surface area contributed by atoms with E-state index in [4.69, 9.17) is 0 Å². The van der Waals surface area contributed by atoms with Crippen LogP contribution in [-0.2, 0) is 6.54 Å². The Balaban J connectivity index is 1.44. The maximum atomic E-state index is 9.97. The van der Waals surface area contributed by atoms with Crippen LogP contribution in [0.3, 0.4) is 0 Å². The fraction of sp³-hybridized carbons (Fsp3) is 0.591. The summed E-state index contributed by atoms with van der Waals surface area (Å²) in [6.07, 6.45) is 3.83. The quantitative estimate of drug-likeness (QED) is 0.819. The molecule has 1 N–H and O–H groups in total. The predicted octanol–water partition coefficient (Wildman–Crippen LogP) is 1.47. The molecule has 0 radical (unpaired) electrons. The van der Waals surface area contributed by atoms with E-state index >= 15 is 0 Å². The van der Waals surface area contributed by atoms with Gasteiger partial charge in [0.25, 0.3) is 0 Å². The third kappa shape index (κ3) is 4.46. The smallest absolute Gasteiger partial charge is 0.0690 e. The molecule has 6 nitrogen and oxygen atoms in total. The van der Waals surface area contributed by atoms with Crippen molar-refractivity contribution in [2.24, 2.45) is 11.8 Å². The number of benzene rings is 1. The highest BCUT2D eigenvalue weighted by atomic mass is 16.3. The second-order valence-electron chi connectivity index (χ2n) is 8.58. The Hall–Kier alpha value is -1.73. The summed E-state index contributed by atoms with van der Waals surface area (Å²) in [5.74, 6) is 0.920. The standard InChI is InChI=1S/C22H33N5O/c1-18-4-5-22(27-7-3-6-23-27)19(12-18)13-26-15-20(21(16-26)17-28)14-25-10-8-24(2)9-11-25/h3-7,12,20-21,28H,8-11,13-17H2,1-2H3/t20-,21-/m1/s1. The van der Waals surface area contributed by atoms with Gasteiger partial charge in [-0.25, -0.2) is 4.68 Å². The van der Waals surface area contributed by atoms with Crippen LogP contribution in [0.2, 0.25) is 0 Å². The molecule has 2 aliphatic rings. The number of aromatic nitrogens is 2. The molecule has 0 unspecified atom stereocenters. The molecule has 2 atom stereocenters. The van der Waals surface area contributed by atoms with Crippen LogP contribution in [0.15, 0.2) is 36.7 Å². The second kappa shape index (κ2) is 8.74. The largest absolute Gasteiger partial charge is 0.396 e. The molecule has 1 aromatic heterocycles. The average molecular weight is 384 g/mol.